The predicted molar refractivity (Wildman–Crippen MR) is 62.2 cm³/mol. The molecule has 0 spiro atoms. The molecule has 0 unspecified atom stereocenters. The Kier molecular flexibility index (Phi) is 8.66. The molecule has 0 saturated heterocycles. The molecule has 0 fully saturated rings. The Morgan fingerprint density at radius 1 is 1.33 bits per heavy atom. The van der Waals surface area contributed by atoms with Gasteiger partial charge in [0.2, 0.25) is 0 Å². The Balaban J connectivity index is 3.31. The minimum absolute atomic E-state index is 0.149. The van der Waals surface area contributed by atoms with Crippen LogP contribution < -0.4 is 10.6 Å². The number of rotatable bonds is 7. The van der Waals surface area contributed by atoms with Crippen molar-refractivity contribution in [2.75, 3.05) is 25.4 Å². The van der Waals surface area contributed by atoms with E-state index in [1.54, 1.807) is 0 Å². The van der Waals surface area contributed by atoms with E-state index in [1.165, 1.54) is 0 Å². The third-order valence-electron chi connectivity index (χ3n) is 1.44. The number of carbonyl (C=O) groups excluding carboxylic acids is 2. The third-order valence-corrected chi connectivity index (χ3v) is 1.79. The van der Waals surface area contributed by atoms with E-state index in [0.29, 0.717) is 13.1 Å². The van der Waals surface area contributed by atoms with Gasteiger partial charge in [-0.25, -0.2) is 9.59 Å². The number of carbonyl (C=O) groups is 2. The lowest BCUT2D eigenvalue weighted by atomic mass is 10.5. The fraction of sp³-hybridized carbons (Fsp3) is 0.556. The standard InChI is InChI=1S/C9H16N2O3S/c1-2-8(12)14-6-5-11-9(13)10-4-3-7-15/h2,15H,1,3-7H2,(H2,10,11,13)/p+1. The van der Waals surface area contributed by atoms with E-state index in [2.05, 4.69) is 34.6 Å². The molecule has 15 heavy (non-hydrogen) atoms. The lowest BCUT2D eigenvalue weighted by molar-refractivity contribution is -0.137. The number of nitrogens with one attached hydrogen (secondary N) is 2. The van der Waals surface area contributed by atoms with Crippen molar-refractivity contribution >= 4 is 24.6 Å². The fourth-order valence-electron chi connectivity index (χ4n) is 0.728. The molecule has 0 aliphatic heterocycles. The van der Waals surface area contributed by atoms with Crippen LogP contribution in [0.5, 0.6) is 0 Å². The van der Waals surface area contributed by atoms with E-state index in [4.69, 9.17) is 0 Å². The van der Waals surface area contributed by atoms with Crippen molar-refractivity contribution in [3.05, 3.63) is 12.7 Å². The van der Waals surface area contributed by atoms with Crippen molar-refractivity contribution in [2.45, 2.75) is 6.42 Å². The minimum atomic E-state index is -0.490. The first-order valence-electron chi connectivity index (χ1n) is 4.66. The van der Waals surface area contributed by atoms with Gasteiger partial charge in [0, 0.05) is 19.0 Å². The molecule has 0 bridgehead atoms. The Morgan fingerprint density at radius 2 is 2.00 bits per heavy atom. The summed E-state index contributed by atoms with van der Waals surface area (Å²) in [5, 5.41) is 5.19. The molecule has 0 atom stereocenters. The fourth-order valence-corrected chi connectivity index (χ4v) is 0.905. The highest BCUT2D eigenvalue weighted by molar-refractivity contribution is 7.58. The third kappa shape index (κ3) is 9.14. The maximum Gasteiger partial charge on any atom is 0.330 e. The van der Waals surface area contributed by atoms with E-state index in [1.807, 2.05) is 0 Å². The van der Waals surface area contributed by atoms with Crippen LogP contribution in [0.15, 0.2) is 12.7 Å². The van der Waals surface area contributed by atoms with E-state index in [0.717, 1.165) is 18.2 Å². The van der Waals surface area contributed by atoms with Gasteiger partial charge in [0.1, 0.15) is 12.4 Å². The van der Waals surface area contributed by atoms with Gasteiger partial charge in [-0.05, 0) is 12.6 Å². The smallest absolute Gasteiger partial charge is 0.330 e. The van der Waals surface area contributed by atoms with Crippen molar-refractivity contribution in [1.29, 1.82) is 0 Å². The van der Waals surface area contributed by atoms with Crippen LogP contribution in [0, 0.1) is 0 Å². The van der Waals surface area contributed by atoms with Gasteiger partial charge in [-0.1, -0.05) is 6.58 Å². The number of hydrogen-bond donors (Lipinski definition) is 2. The number of esters is 1. The van der Waals surface area contributed by atoms with Gasteiger partial charge in [-0.15, -0.1) is 0 Å². The highest BCUT2D eigenvalue weighted by Crippen LogP contribution is 1.78. The van der Waals surface area contributed by atoms with Crippen LogP contribution in [0.2, 0.25) is 0 Å². The van der Waals surface area contributed by atoms with Crippen LogP contribution in [0.1, 0.15) is 6.42 Å². The zero-order chi connectivity index (χ0) is 11.5. The molecule has 0 aromatic rings. The molecule has 0 saturated carbocycles. The van der Waals surface area contributed by atoms with E-state index in [-0.39, 0.29) is 12.6 Å². The zero-order valence-electron chi connectivity index (χ0n) is 8.54. The number of ether oxygens (including phenoxy) is 1. The first kappa shape index (κ1) is 13.8. The molecular formula is C9H17N2O3S+. The number of hydrogen-bond acceptors (Lipinski definition) is 3. The molecule has 2 amide bonds. The summed E-state index contributed by atoms with van der Waals surface area (Å²) in [6.07, 6.45) is 1.95. The van der Waals surface area contributed by atoms with Gasteiger partial charge < -0.3 is 15.4 Å². The van der Waals surface area contributed by atoms with Crippen LogP contribution in [-0.2, 0) is 22.2 Å². The molecule has 6 heteroatoms. The van der Waals surface area contributed by atoms with Crippen LogP contribution in [0.3, 0.4) is 0 Å². The van der Waals surface area contributed by atoms with E-state index in [9.17, 15) is 9.59 Å². The summed E-state index contributed by atoms with van der Waals surface area (Å²) < 4.78 is 4.66. The van der Waals surface area contributed by atoms with Gasteiger partial charge in [-0.2, -0.15) is 0 Å². The maximum absolute atomic E-state index is 11.0. The predicted octanol–water partition coefficient (Wildman–Crippen LogP) is -0.584. The molecule has 2 N–H and O–H groups in total. The zero-order valence-corrected chi connectivity index (χ0v) is 9.54. The first-order valence-corrected chi connectivity index (χ1v) is 5.37. The van der Waals surface area contributed by atoms with Gasteiger partial charge in [0.25, 0.3) is 0 Å². The second-order valence-electron chi connectivity index (χ2n) is 2.66. The highest BCUT2D eigenvalue weighted by atomic mass is 32.1. The number of amides is 2. The molecule has 0 radical (unpaired) electrons. The topological polar surface area (TPSA) is 67.4 Å². The largest absolute Gasteiger partial charge is 0.461 e. The average Bonchev–Trinajstić information content (AvgIpc) is 2.24. The number of urea groups is 1. The molecule has 0 rings (SSSR count). The van der Waals surface area contributed by atoms with Gasteiger partial charge >= 0.3 is 12.0 Å². The Hall–Kier alpha value is -1.17. The molecule has 5 nitrogen and oxygen atoms in total. The van der Waals surface area contributed by atoms with E-state index >= 15 is 0 Å². The normalized spacial score (nSPS) is 9.13. The van der Waals surface area contributed by atoms with Crippen LogP contribution in [-0.4, -0.2) is 37.4 Å². The molecule has 0 aliphatic rings. The second kappa shape index (κ2) is 9.39. The highest BCUT2D eigenvalue weighted by Gasteiger charge is 1.99. The first-order chi connectivity index (χ1) is 7.20. The summed E-state index contributed by atoms with van der Waals surface area (Å²) in [6.45, 7) is 4.30. The summed E-state index contributed by atoms with van der Waals surface area (Å²) in [5.41, 5.74) is 0. The second-order valence-corrected chi connectivity index (χ2v) is 3.16. The van der Waals surface area contributed by atoms with Crippen molar-refractivity contribution in [1.82, 2.24) is 10.6 Å². The Bertz CT molecular complexity index is 221. The summed E-state index contributed by atoms with van der Waals surface area (Å²) in [6, 6.07) is -0.259. The summed E-state index contributed by atoms with van der Waals surface area (Å²) in [4.78, 5) is 21.6. The lowest BCUT2D eigenvalue weighted by Gasteiger charge is -2.06. The van der Waals surface area contributed by atoms with Crippen LogP contribution >= 0.6 is 0 Å². The van der Waals surface area contributed by atoms with Gasteiger partial charge in [0.05, 0.1) is 6.54 Å². The van der Waals surface area contributed by atoms with Crippen LogP contribution in [0.25, 0.3) is 0 Å². The van der Waals surface area contributed by atoms with Gasteiger partial charge in [-0.3, -0.25) is 0 Å². The van der Waals surface area contributed by atoms with Crippen molar-refractivity contribution in [2.24, 2.45) is 0 Å². The van der Waals surface area contributed by atoms with Crippen molar-refractivity contribution < 1.29 is 14.3 Å². The SMILES string of the molecule is C=CC(=O)OCCNC(=O)NCCC[SH2+]. The summed E-state index contributed by atoms with van der Waals surface area (Å²) in [7, 11) is 0. The molecule has 86 valence electrons. The molecule has 0 aromatic heterocycles. The monoisotopic (exact) mass is 233 g/mol. The maximum atomic E-state index is 11.0. The van der Waals surface area contributed by atoms with E-state index < -0.39 is 5.97 Å². The molecule has 0 aliphatic carbocycles. The van der Waals surface area contributed by atoms with Crippen LogP contribution in [0.4, 0.5) is 4.79 Å². The summed E-state index contributed by atoms with van der Waals surface area (Å²) in [5.74, 6) is 0.355. The quantitative estimate of drug-likeness (QED) is 0.267. The van der Waals surface area contributed by atoms with Crippen molar-refractivity contribution in [3.8, 4) is 0 Å². The molecule has 0 aromatic carbocycles. The minimum Gasteiger partial charge on any atom is -0.461 e. The lowest BCUT2D eigenvalue weighted by Crippen LogP contribution is -2.38. The average molecular weight is 233 g/mol. The summed E-state index contributed by atoms with van der Waals surface area (Å²) >= 11 is 3.29. The van der Waals surface area contributed by atoms with Crippen molar-refractivity contribution in [3.63, 3.8) is 0 Å². The molecule has 0 heterocycles. The Morgan fingerprint density at radius 3 is 2.60 bits per heavy atom. The molecular weight excluding hydrogens is 216 g/mol. The Labute approximate surface area is 94.7 Å². The van der Waals surface area contributed by atoms with Gasteiger partial charge in [0.15, 0.2) is 0 Å².